The summed E-state index contributed by atoms with van der Waals surface area (Å²) in [4.78, 5) is 14.7. The first-order valence-electron chi connectivity index (χ1n) is 7.55. The lowest BCUT2D eigenvalue weighted by Gasteiger charge is -2.14. The molecular formula is C17H18ClNO2S2. The van der Waals surface area contributed by atoms with Crippen LogP contribution in [0.25, 0.3) is 0 Å². The summed E-state index contributed by atoms with van der Waals surface area (Å²) >= 11 is 9.57. The van der Waals surface area contributed by atoms with Crippen LogP contribution in [0, 0.1) is 0 Å². The van der Waals surface area contributed by atoms with Gasteiger partial charge in [0.2, 0.25) is 5.78 Å². The van der Waals surface area contributed by atoms with E-state index in [4.69, 9.17) is 16.1 Å². The van der Waals surface area contributed by atoms with Gasteiger partial charge in [0.25, 0.3) is 0 Å². The summed E-state index contributed by atoms with van der Waals surface area (Å²) in [6, 6.07) is 5.36. The minimum Gasteiger partial charge on any atom is -0.360 e. The number of hydrogen-bond acceptors (Lipinski definition) is 5. The van der Waals surface area contributed by atoms with Crippen LogP contribution in [0.3, 0.4) is 0 Å². The monoisotopic (exact) mass is 367 g/mol. The number of carbonyl (C=O) groups is 1. The van der Waals surface area contributed by atoms with Gasteiger partial charge in [0.15, 0.2) is 5.69 Å². The maximum atomic E-state index is 12.8. The molecule has 1 fully saturated rings. The third-order valence-electron chi connectivity index (χ3n) is 3.61. The van der Waals surface area contributed by atoms with E-state index in [0.717, 1.165) is 28.4 Å². The molecule has 122 valence electrons. The molecule has 23 heavy (non-hydrogen) atoms. The molecule has 3 rings (SSSR count). The number of nitrogens with zero attached hydrogens (tertiary/aromatic N) is 1. The number of benzene rings is 1. The Morgan fingerprint density at radius 2 is 2.09 bits per heavy atom. The average Bonchev–Trinajstić information content (AvgIpc) is 3.25. The molecule has 1 aliphatic rings. The topological polar surface area (TPSA) is 43.1 Å². The van der Waals surface area contributed by atoms with E-state index in [-0.39, 0.29) is 5.78 Å². The van der Waals surface area contributed by atoms with Gasteiger partial charge in [-0.25, -0.2) is 0 Å². The van der Waals surface area contributed by atoms with Crippen LogP contribution in [0.1, 0.15) is 54.4 Å². The van der Waals surface area contributed by atoms with Crippen molar-refractivity contribution >= 4 is 40.9 Å². The van der Waals surface area contributed by atoms with Crippen LogP contribution in [0.5, 0.6) is 0 Å². The molecule has 0 N–H and O–H groups in total. The van der Waals surface area contributed by atoms with Crippen LogP contribution < -0.4 is 0 Å². The molecule has 1 aromatic heterocycles. The number of aromatic nitrogens is 1. The molecular weight excluding hydrogens is 350 g/mol. The van der Waals surface area contributed by atoms with Crippen molar-refractivity contribution in [3.8, 4) is 0 Å². The van der Waals surface area contributed by atoms with Gasteiger partial charge < -0.3 is 4.52 Å². The van der Waals surface area contributed by atoms with Gasteiger partial charge in [-0.2, -0.15) is 0 Å². The van der Waals surface area contributed by atoms with Crippen molar-refractivity contribution in [2.45, 2.75) is 47.6 Å². The third-order valence-corrected chi connectivity index (χ3v) is 6.13. The Balaban J connectivity index is 1.98. The van der Waals surface area contributed by atoms with Crippen LogP contribution in [0.4, 0.5) is 0 Å². The van der Waals surface area contributed by atoms with E-state index >= 15 is 0 Å². The number of carbonyl (C=O) groups excluding carboxylic acids is 1. The Kier molecular flexibility index (Phi) is 5.09. The molecule has 2 aromatic rings. The van der Waals surface area contributed by atoms with E-state index in [0.29, 0.717) is 27.4 Å². The van der Waals surface area contributed by atoms with E-state index in [1.165, 1.54) is 0 Å². The first-order valence-corrected chi connectivity index (χ1v) is 10.0. The van der Waals surface area contributed by atoms with Crippen LogP contribution >= 0.6 is 35.1 Å². The molecule has 1 heterocycles. The molecule has 6 heteroatoms. The molecule has 0 unspecified atom stereocenters. The summed E-state index contributed by atoms with van der Waals surface area (Å²) in [5.41, 5.74) is 1.02. The van der Waals surface area contributed by atoms with Crippen molar-refractivity contribution in [2.24, 2.45) is 0 Å². The molecule has 1 aromatic carbocycles. The number of ketones is 1. The smallest absolute Gasteiger partial charge is 0.216 e. The Bertz CT molecular complexity index is 738. The predicted octanol–water partition coefficient (Wildman–Crippen LogP) is 5.66. The normalized spacial score (nSPS) is 14.5. The largest absolute Gasteiger partial charge is 0.360 e. The van der Waals surface area contributed by atoms with Crippen LogP contribution in [-0.4, -0.2) is 22.4 Å². The highest BCUT2D eigenvalue weighted by molar-refractivity contribution is 8.02. The second-order valence-electron chi connectivity index (χ2n) is 5.84. The van der Waals surface area contributed by atoms with Gasteiger partial charge in [-0.05, 0) is 31.2 Å². The second kappa shape index (κ2) is 6.91. The Morgan fingerprint density at radius 1 is 1.35 bits per heavy atom. The highest BCUT2D eigenvalue weighted by atomic mass is 35.5. The van der Waals surface area contributed by atoms with E-state index in [1.807, 2.05) is 6.26 Å². The number of halogens is 1. The molecule has 0 bridgehead atoms. The van der Waals surface area contributed by atoms with E-state index in [1.54, 1.807) is 41.7 Å². The minimum atomic E-state index is -0.104. The molecule has 0 spiro atoms. The minimum absolute atomic E-state index is 0.104. The standard InChI is InChI=1S/C17H18ClNO2S2/c1-9(2)23-17-12(18)7-6-11(16(17)22-3)15(20)13-8-14(21-19-13)10-4-5-10/h6-10H,4-5H2,1-3H3. The van der Waals surface area contributed by atoms with Crippen LogP contribution in [-0.2, 0) is 0 Å². The van der Waals surface area contributed by atoms with Gasteiger partial charge in [-0.1, -0.05) is 30.6 Å². The Hall–Kier alpha value is -0.910. The summed E-state index contributed by atoms with van der Waals surface area (Å²) in [5, 5.41) is 5.04. The van der Waals surface area contributed by atoms with Crippen molar-refractivity contribution in [3.63, 3.8) is 0 Å². The molecule has 3 nitrogen and oxygen atoms in total. The van der Waals surface area contributed by atoms with Crippen LogP contribution in [0.15, 0.2) is 32.5 Å². The van der Waals surface area contributed by atoms with Crippen molar-refractivity contribution in [1.29, 1.82) is 0 Å². The number of thioether (sulfide) groups is 2. The summed E-state index contributed by atoms with van der Waals surface area (Å²) in [7, 11) is 0. The summed E-state index contributed by atoms with van der Waals surface area (Å²) in [6.45, 7) is 4.22. The number of hydrogen-bond donors (Lipinski definition) is 0. The Labute approximate surface area is 149 Å². The van der Waals surface area contributed by atoms with E-state index in [2.05, 4.69) is 19.0 Å². The molecule has 0 atom stereocenters. The van der Waals surface area contributed by atoms with Gasteiger partial charge in [0.1, 0.15) is 5.76 Å². The highest BCUT2D eigenvalue weighted by Gasteiger charge is 2.29. The lowest BCUT2D eigenvalue weighted by molar-refractivity contribution is 0.102. The maximum absolute atomic E-state index is 12.8. The fourth-order valence-corrected chi connectivity index (χ4v) is 4.65. The average molecular weight is 368 g/mol. The van der Waals surface area contributed by atoms with Gasteiger partial charge in [-0.15, -0.1) is 23.5 Å². The van der Waals surface area contributed by atoms with Gasteiger partial charge in [0, 0.05) is 32.6 Å². The van der Waals surface area contributed by atoms with Gasteiger partial charge in [0.05, 0.1) is 5.02 Å². The quantitative estimate of drug-likeness (QED) is 0.487. The summed E-state index contributed by atoms with van der Waals surface area (Å²) in [6.07, 6.45) is 4.20. The molecule has 1 saturated carbocycles. The zero-order valence-corrected chi connectivity index (χ0v) is 15.6. The van der Waals surface area contributed by atoms with Gasteiger partial charge >= 0.3 is 0 Å². The number of rotatable bonds is 6. The second-order valence-corrected chi connectivity index (χ2v) is 8.65. The van der Waals surface area contributed by atoms with Crippen molar-refractivity contribution in [1.82, 2.24) is 5.16 Å². The molecule has 0 radical (unpaired) electrons. The fourth-order valence-electron chi connectivity index (χ4n) is 2.36. The zero-order valence-electron chi connectivity index (χ0n) is 13.3. The SMILES string of the molecule is CSc1c(C(=O)c2cc(C3CC3)on2)ccc(Cl)c1SC(C)C. The fraction of sp³-hybridized carbons (Fsp3) is 0.412. The van der Waals surface area contributed by atoms with Crippen molar-refractivity contribution in [2.75, 3.05) is 6.26 Å². The third kappa shape index (κ3) is 3.62. The molecule has 0 aliphatic heterocycles. The molecule has 0 amide bonds. The summed E-state index contributed by atoms with van der Waals surface area (Å²) in [5.74, 6) is 1.17. The molecule has 0 saturated heterocycles. The summed E-state index contributed by atoms with van der Waals surface area (Å²) < 4.78 is 5.31. The highest BCUT2D eigenvalue weighted by Crippen LogP contribution is 2.42. The van der Waals surface area contributed by atoms with Crippen molar-refractivity contribution < 1.29 is 9.32 Å². The first-order chi connectivity index (χ1) is 11.0. The van der Waals surface area contributed by atoms with Crippen LogP contribution in [0.2, 0.25) is 5.02 Å². The van der Waals surface area contributed by atoms with E-state index < -0.39 is 0 Å². The maximum Gasteiger partial charge on any atom is 0.216 e. The van der Waals surface area contributed by atoms with Crippen molar-refractivity contribution in [3.05, 3.63) is 40.2 Å². The van der Waals surface area contributed by atoms with Gasteiger partial charge in [-0.3, -0.25) is 4.79 Å². The zero-order chi connectivity index (χ0) is 16.6. The predicted molar refractivity (Wildman–Crippen MR) is 96.1 cm³/mol. The molecule has 1 aliphatic carbocycles. The van der Waals surface area contributed by atoms with E-state index in [9.17, 15) is 4.79 Å². The lowest BCUT2D eigenvalue weighted by Crippen LogP contribution is -2.05. The lowest BCUT2D eigenvalue weighted by atomic mass is 10.1. The first kappa shape index (κ1) is 16.9. The Morgan fingerprint density at radius 3 is 2.70 bits per heavy atom.